The summed E-state index contributed by atoms with van der Waals surface area (Å²) in [5.74, 6) is 1.66. The van der Waals surface area contributed by atoms with Gasteiger partial charge in [0, 0.05) is 31.0 Å². The van der Waals surface area contributed by atoms with Crippen molar-refractivity contribution in [3.05, 3.63) is 23.3 Å². The number of ether oxygens (including phenoxy) is 5. The molecular weight excluding hydrogens is 430 g/mol. The van der Waals surface area contributed by atoms with Gasteiger partial charge < -0.3 is 23.7 Å². The quantitative estimate of drug-likeness (QED) is 0.334. The maximum Gasteiger partial charge on any atom is 0.231 e. The first-order chi connectivity index (χ1) is 11.8. The molecule has 0 atom stereocenters. The van der Waals surface area contributed by atoms with Crippen molar-refractivity contribution in [3.63, 3.8) is 0 Å². The van der Waals surface area contributed by atoms with Gasteiger partial charge >= 0.3 is 0 Å². The molecule has 0 aliphatic carbocycles. The number of benzene rings is 1. The van der Waals surface area contributed by atoms with Crippen LogP contribution in [0.1, 0.15) is 44.2 Å². The van der Waals surface area contributed by atoms with E-state index < -0.39 is 0 Å². The van der Waals surface area contributed by atoms with E-state index in [-0.39, 0.29) is 24.4 Å². The Labute approximate surface area is 168 Å². The first kappa shape index (κ1) is 22.6. The molecule has 0 aromatic heterocycles. The summed E-state index contributed by atoms with van der Waals surface area (Å²) in [5, 5.41) is 0. The number of fused-ring (bicyclic) bond motifs is 1. The normalized spacial score (nSPS) is 12.2. The molecule has 1 aliphatic rings. The van der Waals surface area contributed by atoms with Crippen LogP contribution in [0.4, 0.5) is 0 Å². The van der Waals surface area contributed by atoms with E-state index in [0.717, 1.165) is 43.8 Å². The molecule has 25 heavy (non-hydrogen) atoms. The molecule has 6 heteroatoms. The van der Waals surface area contributed by atoms with E-state index in [1.807, 2.05) is 6.07 Å². The maximum atomic E-state index is 5.75. The SMILES string of the molecule is CCCCOCCOCCOCc1cc2c(cc1CCC)OCO2.[Sb]. The van der Waals surface area contributed by atoms with Gasteiger partial charge in [-0.25, -0.2) is 0 Å². The molecule has 5 nitrogen and oxygen atoms in total. The van der Waals surface area contributed by atoms with Crippen LogP contribution in [0, 0.1) is 0 Å². The average Bonchev–Trinajstić information content (AvgIpc) is 3.04. The predicted molar refractivity (Wildman–Crippen MR) is 98.5 cm³/mol. The van der Waals surface area contributed by atoms with Gasteiger partial charge in [0.05, 0.1) is 33.0 Å². The molecule has 1 aliphatic heterocycles. The zero-order valence-electron chi connectivity index (χ0n) is 15.4. The summed E-state index contributed by atoms with van der Waals surface area (Å²) < 4.78 is 27.6. The van der Waals surface area contributed by atoms with Crippen molar-refractivity contribution in [1.29, 1.82) is 0 Å². The van der Waals surface area contributed by atoms with Gasteiger partial charge in [0.2, 0.25) is 6.79 Å². The summed E-state index contributed by atoms with van der Waals surface area (Å²) >= 11 is 0. The third kappa shape index (κ3) is 8.17. The van der Waals surface area contributed by atoms with Crippen molar-refractivity contribution in [3.8, 4) is 11.5 Å². The predicted octanol–water partition coefficient (Wildman–Crippen LogP) is 3.34. The van der Waals surface area contributed by atoms with Gasteiger partial charge in [-0.3, -0.25) is 0 Å². The first-order valence-electron chi connectivity index (χ1n) is 8.99. The monoisotopic (exact) mass is 459 g/mol. The van der Waals surface area contributed by atoms with Crippen LogP contribution >= 0.6 is 0 Å². The number of hydrogen-bond donors (Lipinski definition) is 0. The molecule has 0 unspecified atom stereocenters. The number of aryl methyl sites for hydroxylation is 1. The van der Waals surface area contributed by atoms with Gasteiger partial charge in [-0.15, -0.1) is 0 Å². The minimum atomic E-state index is 0. The van der Waals surface area contributed by atoms with Crippen molar-refractivity contribution < 1.29 is 23.7 Å². The number of unbranched alkanes of at least 4 members (excludes halogenated alkanes) is 1. The second-order valence-electron chi connectivity index (χ2n) is 5.86. The van der Waals surface area contributed by atoms with Gasteiger partial charge in [0.15, 0.2) is 11.5 Å². The van der Waals surface area contributed by atoms with Crippen molar-refractivity contribution in [2.45, 2.75) is 46.1 Å². The van der Waals surface area contributed by atoms with Gasteiger partial charge in [-0.05, 0) is 36.1 Å². The van der Waals surface area contributed by atoms with Crippen LogP contribution in [0.5, 0.6) is 11.5 Å². The molecule has 0 spiro atoms. The molecule has 3 radical (unpaired) electrons. The minimum Gasteiger partial charge on any atom is -0.454 e. The molecule has 2 rings (SSSR count). The van der Waals surface area contributed by atoms with Crippen molar-refractivity contribution in [2.75, 3.05) is 39.8 Å². The summed E-state index contributed by atoms with van der Waals surface area (Å²) in [6, 6.07) is 4.12. The van der Waals surface area contributed by atoms with E-state index in [9.17, 15) is 0 Å². The Hall–Kier alpha value is -0.482. The zero-order valence-corrected chi connectivity index (χ0v) is 18.0. The van der Waals surface area contributed by atoms with E-state index in [1.165, 1.54) is 11.1 Å². The van der Waals surface area contributed by atoms with E-state index >= 15 is 0 Å². The number of rotatable bonds is 13. The van der Waals surface area contributed by atoms with Crippen LogP contribution < -0.4 is 9.47 Å². The molecule has 1 aromatic carbocycles. The van der Waals surface area contributed by atoms with E-state index in [0.29, 0.717) is 39.8 Å². The smallest absolute Gasteiger partial charge is 0.231 e. The Bertz CT molecular complexity index is 481. The van der Waals surface area contributed by atoms with Crippen LogP contribution in [-0.4, -0.2) is 64.3 Å². The van der Waals surface area contributed by atoms with Crippen LogP contribution in [0.15, 0.2) is 12.1 Å². The average molecular weight is 460 g/mol. The Morgan fingerprint density at radius 1 is 0.800 bits per heavy atom. The van der Waals surface area contributed by atoms with Crippen molar-refractivity contribution in [2.24, 2.45) is 0 Å². The van der Waals surface area contributed by atoms with Crippen LogP contribution in [0.3, 0.4) is 0 Å². The summed E-state index contributed by atoms with van der Waals surface area (Å²) in [6.45, 7) is 8.47. The third-order valence-corrected chi connectivity index (χ3v) is 3.86. The molecule has 0 bridgehead atoms. The largest absolute Gasteiger partial charge is 0.454 e. The second-order valence-corrected chi connectivity index (χ2v) is 5.86. The van der Waals surface area contributed by atoms with Crippen LogP contribution in [0.2, 0.25) is 0 Å². The van der Waals surface area contributed by atoms with E-state index in [1.54, 1.807) is 0 Å². The molecule has 0 saturated heterocycles. The van der Waals surface area contributed by atoms with E-state index in [2.05, 4.69) is 19.9 Å². The molecule has 0 saturated carbocycles. The molecule has 0 fully saturated rings. The molecular formula is C19H30O5Sb. The molecule has 1 aromatic rings. The van der Waals surface area contributed by atoms with Gasteiger partial charge in [-0.1, -0.05) is 26.7 Å². The maximum absolute atomic E-state index is 5.75. The van der Waals surface area contributed by atoms with E-state index in [4.69, 9.17) is 23.7 Å². The summed E-state index contributed by atoms with van der Waals surface area (Å²) in [5.41, 5.74) is 2.44. The molecule has 1 heterocycles. The Kier molecular flexibility index (Phi) is 12.4. The topological polar surface area (TPSA) is 46.2 Å². The summed E-state index contributed by atoms with van der Waals surface area (Å²) in [4.78, 5) is 0. The Balaban J connectivity index is 0.00000312. The van der Waals surface area contributed by atoms with Gasteiger partial charge in [0.1, 0.15) is 0 Å². The summed E-state index contributed by atoms with van der Waals surface area (Å²) in [6.07, 6.45) is 4.38. The third-order valence-electron chi connectivity index (χ3n) is 3.86. The van der Waals surface area contributed by atoms with Gasteiger partial charge in [0.25, 0.3) is 0 Å². The standard InChI is InChI=1S/C19H30O5.Sb/c1-3-5-7-20-8-9-21-10-11-22-14-17-13-19-18(23-15-24-19)12-16(17)6-4-2;/h12-13H,3-11,14-15H2,1-2H3;. The Morgan fingerprint density at radius 3 is 2.04 bits per heavy atom. The van der Waals surface area contributed by atoms with Crippen molar-refractivity contribution >= 4 is 24.4 Å². The minimum absolute atomic E-state index is 0. The fraction of sp³-hybridized carbons (Fsp3) is 0.684. The zero-order chi connectivity index (χ0) is 17.0. The number of hydrogen-bond acceptors (Lipinski definition) is 5. The first-order valence-corrected chi connectivity index (χ1v) is 8.99. The molecule has 141 valence electrons. The second kappa shape index (κ2) is 13.7. The van der Waals surface area contributed by atoms with Crippen LogP contribution in [-0.2, 0) is 27.2 Å². The van der Waals surface area contributed by atoms with Crippen LogP contribution in [0.25, 0.3) is 0 Å². The fourth-order valence-corrected chi connectivity index (χ4v) is 2.53. The fourth-order valence-electron chi connectivity index (χ4n) is 2.53. The molecule has 0 amide bonds. The van der Waals surface area contributed by atoms with Gasteiger partial charge in [-0.2, -0.15) is 0 Å². The Morgan fingerprint density at radius 2 is 1.40 bits per heavy atom. The summed E-state index contributed by atoms with van der Waals surface area (Å²) in [7, 11) is 0. The van der Waals surface area contributed by atoms with Crippen molar-refractivity contribution in [1.82, 2.24) is 0 Å². The molecule has 0 N–H and O–H groups in total.